The Labute approximate surface area is 93.4 Å². The fourth-order valence-electron chi connectivity index (χ4n) is 2.09. The van der Waals surface area contributed by atoms with E-state index in [2.05, 4.69) is 11.4 Å². The van der Waals surface area contributed by atoms with E-state index in [0.29, 0.717) is 6.04 Å². The summed E-state index contributed by atoms with van der Waals surface area (Å²) in [6, 6.07) is 2.68. The lowest BCUT2D eigenvalue weighted by molar-refractivity contribution is 0.0778. The summed E-state index contributed by atoms with van der Waals surface area (Å²) in [5.41, 5.74) is 1.38. The Balaban J connectivity index is 1.82. The van der Waals surface area contributed by atoms with Gasteiger partial charge in [0.25, 0.3) is 0 Å². The van der Waals surface area contributed by atoms with Crippen LogP contribution >= 0.6 is 11.3 Å². The van der Waals surface area contributed by atoms with Crippen molar-refractivity contribution < 1.29 is 9.47 Å². The smallest absolute Gasteiger partial charge is 0.0727 e. The van der Waals surface area contributed by atoms with Gasteiger partial charge < -0.3 is 14.8 Å². The van der Waals surface area contributed by atoms with Gasteiger partial charge in [0, 0.05) is 22.7 Å². The second-order valence-electron chi connectivity index (χ2n) is 3.98. The first-order chi connectivity index (χ1) is 7.43. The normalized spacial score (nSPS) is 26.3. The number of morpholine rings is 1. The van der Waals surface area contributed by atoms with Gasteiger partial charge in [-0.25, -0.2) is 0 Å². The monoisotopic (exact) mass is 225 g/mol. The number of thiophene rings is 1. The van der Waals surface area contributed by atoms with Crippen molar-refractivity contribution in [1.29, 1.82) is 0 Å². The summed E-state index contributed by atoms with van der Waals surface area (Å²) < 4.78 is 10.9. The SMILES string of the molecule is c1c(C2COCCN2)sc2c1COCC2. The molecule has 3 heterocycles. The summed E-state index contributed by atoms with van der Waals surface area (Å²) in [4.78, 5) is 2.91. The van der Waals surface area contributed by atoms with Crippen LogP contribution in [-0.4, -0.2) is 26.4 Å². The molecular weight excluding hydrogens is 210 g/mol. The molecule has 15 heavy (non-hydrogen) atoms. The molecular formula is C11H15NO2S. The molecule has 0 radical (unpaired) electrons. The lowest BCUT2D eigenvalue weighted by Gasteiger charge is -2.22. The first-order valence-electron chi connectivity index (χ1n) is 5.44. The maximum Gasteiger partial charge on any atom is 0.0727 e. The fraction of sp³-hybridized carbons (Fsp3) is 0.636. The van der Waals surface area contributed by atoms with Crippen LogP contribution in [0.5, 0.6) is 0 Å². The summed E-state index contributed by atoms with van der Waals surface area (Å²) >= 11 is 1.92. The van der Waals surface area contributed by atoms with E-state index in [1.54, 1.807) is 0 Å². The molecule has 0 bridgehead atoms. The number of fused-ring (bicyclic) bond motifs is 1. The lowest BCUT2D eigenvalue weighted by Crippen LogP contribution is -2.34. The van der Waals surface area contributed by atoms with Crippen molar-refractivity contribution in [2.24, 2.45) is 0 Å². The summed E-state index contributed by atoms with van der Waals surface area (Å²) in [5, 5.41) is 3.49. The van der Waals surface area contributed by atoms with Gasteiger partial charge in [-0.15, -0.1) is 11.3 Å². The molecule has 0 aromatic carbocycles. The van der Waals surface area contributed by atoms with Crippen molar-refractivity contribution in [2.45, 2.75) is 19.1 Å². The van der Waals surface area contributed by atoms with Crippen LogP contribution in [0.4, 0.5) is 0 Å². The third-order valence-electron chi connectivity index (χ3n) is 2.91. The van der Waals surface area contributed by atoms with Gasteiger partial charge in [0.2, 0.25) is 0 Å². The van der Waals surface area contributed by atoms with Crippen molar-refractivity contribution in [3.63, 3.8) is 0 Å². The predicted octanol–water partition coefficient (Wildman–Crippen LogP) is 1.48. The first kappa shape index (κ1) is 9.78. The molecule has 1 N–H and O–H groups in total. The zero-order valence-corrected chi connectivity index (χ0v) is 9.44. The van der Waals surface area contributed by atoms with E-state index in [-0.39, 0.29) is 0 Å². The highest BCUT2D eigenvalue weighted by atomic mass is 32.1. The van der Waals surface area contributed by atoms with Crippen molar-refractivity contribution >= 4 is 11.3 Å². The third-order valence-corrected chi connectivity index (χ3v) is 4.26. The molecule has 0 saturated carbocycles. The lowest BCUT2D eigenvalue weighted by atomic mass is 10.1. The van der Waals surface area contributed by atoms with Gasteiger partial charge in [0.1, 0.15) is 0 Å². The highest BCUT2D eigenvalue weighted by Crippen LogP contribution is 2.31. The van der Waals surface area contributed by atoms with Crippen molar-refractivity contribution in [2.75, 3.05) is 26.4 Å². The fourth-order valence-corrected chi connectivity index (χ4v) is 3.30. The molecule has 0 aliphatic carbocycles. The van der Waals surface area contributed by atoms with Gasteiger partial charge in [-0.05, 0) is 11.6 Å². The molecule has 1 aromatic rings. The summed E-state index contributed by atoms with van der Waals surface area (Å²) in [5.74, 6) is 0. The standard InChI is InChI=1S/C11H15NO2S/c1-3-13-6-8-5-11(15-10(1)8)9-7-14-4-2-12-9/h5,9,12H,1-4,6-7H2. The zero-order chi connectivity index (χ0) is 10.1. The average Bonchev–Trinajstić information content (AvgIpc) is 2.74. The quantitative estimate of drug-likeness (QED) is 0.785. The summed E-state index contributed by atoms with van der Waals surface area (Å²) in [7, 11) is 0. The van der Waals surface area contributed by atoms with Crippen LogP contribution in [0.3, 0.4) is 0 Å². The molecule has 0 spiro atoms. The minimum absolute atomic E-state index is 0.398. The topological polar surface area (TPSA) is 30.5 Å². The summed E-state index contributed by atoms with van der Waals surface area (Å²) in [6.07, 6.45) is 1.08. The van der Waals surface area contributed by atoms with Gasteiger partial charge in [0.15, 0.2) is 0 Å². The van der Waals surface area contributed by atoms with Crippen LogP contribution < -0.4 is 5.32 Å². The van der Waals surface area contributed by atoms with Crippen molar-refractivity contribution in [1.82, 2.24) is 5.32 Å². The summed E-state index contributed by atoms with van der Waals surface area (Å²) in [6.45, 7) is 4.27. The Hall–Kier alpha value is -0.420. The maximum absolute atomic E-state index is 5.48. The van der Waals surface area contributed by atoms with E-state index in [0.717, 1.165) is 39.4 Å². The van der Waals surface area contributed by atoms with Gasteiger partial charge >= 0.3 is 0 Å². The Morgan fingerprint density at radius 1 is 1.33 bits per heavy atom. The van der Waals surface area contributed by atoms with Crippen molar-refractivity contribution in [3.8, 4) is 0 Å². The predicted molar refractivity (Wildman–Crippen MR) is 59.2 cm³/mol. The Morgan fingerprint density at radius 3 is 3.13 bits per heavy atom. The minimum atomic E-state index is 0.398. The molecule has 1 atom stereocenters. The molecule has 1 unspecified atom stereocenters. The second-order valence-corrected chi connectivity index (χ2v) is 5.15. The Bertz CT molecular complexity index is 321. The van der Waals surface area contributed by atoms with Gasteiger partial charge in [-0.1, -0.05) is 0 Å². The van der Waals surface area contributed by atoms with Gasteiger partial charge in [0.05, 0.1) is 32.5 Å². The van der Waals surface area contributed by atoms with Gasteiger partial charge in [-0.3, -0.25) is 0 Å². The molecule has 1 fully saturated rings. The molecule has 2 aliphatic rings. The zero-order valence-electron chi connectivity index (χ0n) is 8.62. The molecule has 3 nitrogen and oxygen atoms in total. The highest BCUT2D eigenvalue weighted by molar-refractivity contribution is 7.12. The number of ether oxygens (including phenoxy) is 2. The van der Waals surface area contributed by atoms with Crippen LogP contribution in [0.25, 0.3) is 0 Å². The average molecular weight is 225 g/mol. The Kier molecular flexibility index (Phi) is 2.75. The molecule has 4 heteroatoms. The minimum Gasteiger partial charge on any atom is -0.378 e. The molecule has 2 aliphatic heterocycles. The maximum atomic E-state index is 5.48. The largest absolute Gasteiger partial charge is 0.378 e. The number of rotatable bonds is 1. The van der Waals surface area contributed by atoms with E-state index in [4.69, 9.17) is 9.47 Å². The van der Waals surface area contributed by atoms with E-state index in [1.165, 1.54) is 15.3 Å². The van der Waals surface area contributed by atoms with Crippen LogP contribution in [0.15, 0.2) is 6.07 Å². The van der Waals surface area contributed by atoms with Crippen LogP contribution in [0.2, 0.25) is 0 Å². The van der Waals surface area contributed by atoms with E-state index < -0.39 is 0 Å². The molecule has 1 aromatic heterocycles. The highest BCUT2D eigenvalue weighted by Gasteiger charge is 2.21. The first-order valence-corrected chi connectivity index (χ1v) is 6.25. The van der Waals surface area contributed by atoms with E-state index in [9.17, 15) is 0 Å². The molecule has 0 amide bonds. The molecule has 82 valence electrons. The number of hydrogen-bond donors (Lipinski definition) is 1. The van der Waals surface area contributed by atoms with Crippen LogP contribution in [0.1, 0.15) is 21.4 Å². The Morgan fingerprint density at radius 2 is 2.33 bits per heavy atom. The second kappa shape index (κ2) is 4.22. The number of hydrogen-bond acceptors (Lipinski definition) is 4. The van der Waals surface area contributed by atoms with E-state index >= 15 is 0 Å². The van der Waals surface area contributed by atoms with Crippen molar-refractivity contribution in [3.05, 3.63) is 21.4 Å². The van der Waals surface area contributed by atoms with Crippen LogP contribution in [0, 0.1) is 0 Å². The number of nitrogens with one attached hydrogen (secondary N) is 1. The molecule has 1 saturated heterocycles. The third kappa shape index (κ3) is 1.95. The molecule has 3 rings (SSSR count). The van der Waals surface area contributed by atoms with E-state index in [1.807, 2.05) is 11.3 Å². The van der Waals surface area contributed by atoms with Crippen LogP contribution in [-0.2, 0) is 22.5 Å². The van der Waals surface area contributed by atoms with Gasteiger partial charge in [-0.2, -0.15) is 0 Å².